The average Bonchev–Trinajstić information content (AvgIpc) is 2.89. The smallest absolute Gasteiger partial charge is 0.483 e. The van der Waals surface area contributed by atoms with E-state index in [1.54, 1.807) is 0 Å². The summed E-state index contributed by atoms with van der Waals surface area (Å²) >= 11 is 1.29. The lowest BCUT2D eigenvalue weighted by Crippen LogP contribution is -2.39. The molecule has 0 fully saturated rings. The number of carboxylic acid groups (broad SMARTS) is 1. The van der Waals surface area contributed by atoms with Crippen LogP contribution in [0.1, 0.15) is 25.3 Å². The van der Waals surface area contributed by atoms with Gasteiger partial charge in [0, 0.05) is 40.4 Å². The Kier molecular flexibility index (Phi) is 11.2. The maximum absolute atomic E-state index is 12.6. The van der Waals surface area contributed by atoms with Gasteiger partial charge in [0.15, 0.2) is 5.78 Å². The molecule has 0 amide bonds. The van der Waals surface area contributed by atoms with Crippen molar-refractivity contribution in [2.24, 2.45) is 16.5 Å². The summed E-state index contributed by atoms with van der Waals surface area (Å²) < 4.78 is 43.7. The minimum absolute atomic E-state index is 0.0464. The van der Waals surface area contributed by atoms with Crippen molar-refractivity contribution >= 4 is 35.7 Å². The molecule has 2 heterocycles. The van der Waals surface area contributed by atoms with E-state index >= 15 is 0 Å². The SMILES string of the molecule is CC.N/C=C1\C(N)=NC2=C(C(=O)CNC2)C1c1ccc(SNc2ccc(OC(F)(F)F)cc2)cc1.O=CO. The lowest BCUT2D eigenvalue weighted by atomic mass is 9.79. The quantitative estimate of drug-likeness (QED) is 0.272. The molecule has 1 atom stereocenters. The van der Waals surface area contributed by atoms with Crippen LogP contribution in [0.3, 0.4) is 0 Å². The molecule has 0 saturated heterocycles. The number of rotatable bonds is 5. The highest BCUT2D eigenvalue weighted by Gasteiger charge is 2.35. The van der Waals surface area contributed by atoms with Crippen molar-refractivity contribution in [2.75, 3.05) is 17.8 Å². The molecule has 0 radical (unpaired) electrons. The van der Waals surface area contributed by atoms with Gasteiger partial charge in [-0.05, 0) is 53.9 Å². The lowest BCUT2D eigenvalue weighted by molar-refractivity contribution is -0.274. The number of anilines is 1. The molecule has 0 bridgehead atoms. The number of carbonyl (C=O) groups excluding carboxylic acids is 1. The summed E-state index contributed by atoms with van der Waals surface area (Å²) in [5, 5.41) is 9.91. The first-order valence-electron chi connectivity index (χ1n) is 11.4. The van der Waals surface area contributed by atoms with E-state index < -0.39 is 12.3 Å². The van der Waals surface area contributed by atoms with Crippen LogP contribution in [0, 0.1) is 0 Å². The highest BCUT2D eigenvalue weighted by Crippen LogP contribution is 2.39. The predicted molar refractivity (Wildman–Crippen MR) is 141 cm³/mol. The molecule has 38 heavy (non-hydrogen) atoms. The maximum atomic E-state index is 12.6. The van der Waals surface area contributed by atoms with Crippen molar-refractivity contribution in [3.05, 3.63) is 77.1 Å². The van der Waals surface area contributed by atoms with E-state index in [1.165, 1.54) is 42.4 Å². The molecule has 0 saturated carbocycles. The molecule has 0 aromatic heterocycles. The zero-order chi connectivity index (χ0) is 28.3. The van der Waals surface area contributed by atoms with Gasteiger partial charge in [0.25, 0.3) is 6.47 Å². The van der Waals surface area contributed by atoms with E-state index in [0.717, 1.165) is 10.5 Å². The lowest BCUT2D eigenvalue weighted by Gasteiger charge is -2.31. The van der Waals surface area contributed by atoms with Crippen LogP contribution in [0.25, 0.3) is 0 Å². The zero-order valence-corrected chi connectivity index (χ0v) is 21.4. The average molecular weight is 552 g/mol. The first kappa shape index (κ1) is 30.3. The van der Waals surface area contributed by atoms with Gasteiger partial charge in [0.1, 0.15) is 11.6 Å². The molecule has 13 heteroatoms. The number of benzene rings is 2. The molecule has 204 valence electrons. The number of aliphatic imine (C=N–C) groups is 1. The predicted octanol–water partition coefficient (Wildman–Crippen LogP) is 4.15. The Morgan fingerprint density at radius 2 is 1.74 bits per heavy atom. The number of Topliss-reactive ketones (excluding diaryl/α,β-unsaturated/α-hetero) is 1. The number of amidine groups is 1. The number of alkyl halides is 3. The summed E-state index contributed by atoms with van der Waals surface area (Å²) in [6.45, 7) is 4.44. The molecule has 2 aromatic rings. The third-order valence-electron chi connectivity index (χ3n) is 5.11. The standard InChI is InChI=1S/C22H20F3N5O2S.C2H6.CH2O2/c23-22(24,25)32-14-5-3-13(4-6-14)30-33-15-7-1-12(2-8-15)19-16(9-26)21(27)29-17-10-28-11-18(31)20(17)19;1-2;2-1-3/h1-9,19,28,30H,10-11,26H2,(H2,27,29);1-2H3;1H,(H,2,3)/b16-9-;;. The molecule has 2 aliphatic heterocycles. The molecule has 1 unspecified atom stereocenters. The fourth-order valence-corrected chi connectivity index (χ4v) is 4.33. The van der Waals surface area contributed by atoms with Crippen molar-refractivity contribution in [2.45, 2.75) is 31.0 Å². The Morgan fingerprint density at radius 3 is 2.29 bits per heavy atom. The van der Waals surface area contributed by atoms with Gasteiger partial charge >= 0.3 is 6.36 Å². The molecule has 4 rings (SSSR count). The van der Waals surface area contributed by atoms with E-state index in [1.807, 2.05) is 38.1 Å². The normalized spacial score (nSPS) is 17.7. The van der Waals surface area contributed by atoms with Gasteiger partial charge in [-0.25, -0.2) is 4.99 Å². The summed E-state index contributed by atoms with van der Waals surface area (Å²) in [4.78, 5) is 26.2. The second-order valence-corrected chi connectivity index (χ2v) is 8.27. The van der Waals surface area contributed by atoms with Crippen LogP contribution < -0.4 is 26.2 Å². The molecular formula is C25H28F3N5O4S. The van der Waals surface area contributed by atoms with Crippen molar-refractivity contribution in [3.8, 4) is 5.75 Å². The summed E-state index contributed by atoms with van der Waals surface area (Å²) in [6, 6.07) is 13.0. The Hall–Kier alpha value is -3.97. The van der Waals surface area contributed by atoms with E-state index in [9.17, 15) is 18.0 Å². The van der Waals surface area contributed by atoms with Crippen LogP contribution in [0.2, 0.25) is 0 Å². The van der Waals surface area contributed by atoms with Gasteiger partial charge in [-0.1, -0.05) is 26.0 Å². The Balaban J connectivity index is 0.000000947. The number of nitrogens with two attached hydrogens (primary N) is 2. The fourth-order valence-electron chi connectivity index (χ4n) is 3.69. The van der Waals surface area contributed by atoms with Gasteiger partial charge in [0.2, 0.25) is 0 Å². The van der Waals surface area contributed by atoms with E-state index in [2.05, 4.69) is 19.8 Å². The second kappa shape index (κ2) is 14.1. The van der Waals surface area contributed by atoms with Crippen LogP contribution in [0.5, 0.6) is 5.75 Å². The number of carbonyl (C=O) groups is 2. The van der Waals surface area contributed by atoms with Crippen LogP contribution in [0.4, 0.5) is 18.9 Å². The second-order valence-electron chi connectivity index (χ2n) is 7.39. The Labute approximate surface area is 222 Å². The number of nitrogens with one attached hydrogen (secondary N) is 2. The first-order valence-corrected chi connectivity index (χ1v) is 12.2. The maximum Gasteiger partial charge on any atom is 0.573 e. The first-order chi connectivity index (χ1) is 18.2. The van der Waals surface area contributed by atoms with Crippen LogP contribution in [0.15, 0.2) is 81.5 Å². The molecular weight excluding hydrogens is 523 g/mol. The third-order valence-corrected chi connectivity index (χ3v) is 5.95. The topological polar surface area (TPSA) is 152 Å². The van der Waals surface area contributed by atoms with Crippen molar-refractivity contribution < 1.29 is 32.6 Å². The highest BCUT2D eigenvalue weighted by molar-refractivity contribution is 8.00. The number of nitrogens with zero attached hydrogens (tertiary/aromatic N) is 1. The molecule has 2 aliphatic rings. The summed E-state index contributed by atoms with van der Waals surface area (Å²) in [6.07, 6.45) is -3.34. The van der Waals surface area contributed by atoms with Gasteiger partial charge in [-0.3, -0.25) is 9.59 Å². The van der Waals surface area contributed by atoms with Gasteiger partial charge < -0.3 is 31.3 Å². The molecule has 0 aliphatic carbocycles. The number of ketones is 1. The molecule has 9 nitrogen and oxygen atoms in total. The summed E-state index contributed by atoms with van der Waals surface area (Å²) in [5.41, 5.74) is 15.2. The summed E-state index contributed by atoms with van der Waals surface area (Å²) in [5.74, 6) is -0.446. The van der Waals surface area contributed by atoms with Crippen LogP contribution >= 0.6 is 11.9 Å². The van der Waals surface area contributed by atoms with E-state index in [0.29, 0.717) is 29.1 Å². The highest BCUT2D eigenvalue weighted by atomic mass is 32.2. The van der Waals surface area contributed by atoms with E-state index in [4.69, 9.17) is 21.4 Å². The van der Waals surface area contributed by atoms with Gasteiger partial charge in [-0.15, -0.1) is 13.2 Å². The number of halogens is 3. The van der Waals surface area contributed by atoms with Crippen molar-refractivity contribution in [1.82, 2.24) is 5.32 Å². The number of ether oxygens (including phenoxy) is 1. The largest absolute Gasteiger partial charge is 0.573 e. The Morgan fingerprint density at radius 1 is 1.13 bits per heavy atom. The fraction of sp³-hybridized carbons (Fsp3) is 0.240. The van der Waals surface area contributed by atoms with Crippen molar-refractivity contribution in [1.29, 1.82) is 0 Å². The third kappa shape index (κ3) is 8.02. The van der Waals surface area contributed by atoms with Crippen LogP contribution in [-0.2, 0) is 9.59 Å². The van der Waals surface area contributed by atoms with Crippen molar-refractivity contribution in [3.63, 3.8) is 0 Å². The molecule has 7 N–H and O–H groups in total. The van der Waals surface area contributed by atoms with Gasteiger partial charge in [0.05, 0.1) is 12.2 Å². The van der Waals surface area contributed by atoms with Gasteiger partial charge in [-0.2, -0.15) is 0 Å². The Bertz CT molecular complexity index is 1200. The zero-order valence-electron chi connectivity index (χ0n) is 20.6. The minimum atomic E-state index is -4.73. The monoisotopic (exact) mass is 551 g/mol. The molecule has 2 aromatic carbocycles. The summed E-state index contributed by atoms with van der Waals surface area (Å²) in [7, 11) is 0. The number of hydrogen-bond acceptors (Lipinski definition) is 9. The van der Waals surface area contributed by atoms with Crippen LogP contribution in [-0.4, -0.2) is 42.6 Å². The number of hydrogen-bond donors (Lipinski definition) is 5. The minimum Gasteiger partial charge on any atom is -0.483 e. The van der Waals surface area contributed by atoms with E-state index in [-0.39, 0.29) is 30.4 Å². The molecule has 0 spiro atoms.